The highest BCUT2D eigenvalue weighted by molar-refractivity contribution is 9.10. The topological polar surface area (TPSA) is 65.1 Å². The summed E-state index contributed by atoms with van der Waals surface area (Å²) in [6.07, 6.45) is 1.69. The van der Waals surface area contributed by atoms with Crippen molar-refractivity contribution in [1.29, 1.82) is 0 Å². The van der Waals surface area contributed by atoms with Crippen molar-refractivity contribution in [2.45, 2.75) is 39.3 Å². The number of hydrogen-bond acceptors (Lipinski definition) is 5. The van der Waals surface area contributed by atoms with Crippen molar-refractivity contribution in [2.24, 2.45) is 5.84 Å². The highest BCUT2D eigenvalue weighted by Crippen LogP contribution is 2.31. The van der Waals surface area contributed by atoms with Gasteiger partial charge < -0.3 is 4.74 Å². The van der Waals surface area contributed by atoms with E-state index in [4.69, 9.17) is 10.6 Å². The monoisotopic (exact) mass is 372 g/mol. The Morgan fingerprint density at radius 3 is 2.81 bits per heavy atom. The fraction of sp³-hybridized carbons (Fsp3) is 0.500. The molecule has 2 aromatic heterocycles. The molecule has 0 aromatic carbocycles. The molecule has 7 heteroatoms. The van der Waals surface area contributed by atoms with E-state index in [0.717, 1.165) is 40.2 Å². The molecule has 0 saturated carbocycles. The third-order valence-electron chi connectivity index (χ3n) is 3.47. The molecule has 1 unspecified atom stereocenters. The third kappa shape index (κ3) is 3.48. The molecule has 0 fully saturated rings. The molecule has 0 aliphatic carbocycles. The Morgan fingerprint density at radius 2 is 2.29 bits per heavy atom. The Labute approximate surface area is 137 Å². The van der Waals surface area contributed by atoms with Crippen LogP contribution in [0, 0.1) is 0 Å². The van der Waals surface area contributed by atoms with Crippen LogP contribution in [0.25, 0.3) is 0 Å². The van der Waals surface area contributed by atoms with Crippen molar-refractivity contribution in [3.63, 3.8) is 0 Å². The van der Waals surface area contributed by atoms with Crippen LogP contribution in [0.15, 0.2) is 15.9 Å². The second-order valence-corrected chi connectivity index (χ2v) is 6.42. The Bertz CT molecular complexity index is 596. The molecule has 116 valence electrons. The molecule has 3 N–H and O–H groups in total. The summed E-state index contributed by atoms with van der Waals surface area (Å²) in [4.78, 5) is 1.16. The van der Waals surface area contributed by atoms with Crippen LogP contribution >= 0.6 is 27.3 Å². The maximum Gasteiger partial charge on any atom is 0.129 e. The number of nitrogens with zero attached hydrogens (tertiary/aromatic N) is 2. The van der Waals surface area contributed by atoms with Gasteiger partial charge >= 0.3 is 0 Å². The summed E-state index contributed by atoms with van der Waals surface area (Å²) in [5.41, 5.74) is 5.16. The van der Waals surface area contributed by atoms with Gasteiger partial charge in [-0.3, -0.25) is 16.0 Å². The number of aryl methyl sites for hydroxylation is 2. The first-order valence-electron chi connectivity index (χ1n) is 6.97. The van der Waals surface area contributed by atoms with Crippen LogP contribution in [0.3, 0.4) is 0 Å². The van der Waals surface area contributed by atoms with E-state index in [9.17, 15) is 0 Å². The van der Waals surface area contributed by atoms with E-state index < -0.39 is 0 Å². The first-order chi connectivity index (χ1) is 10.1. The molecule has 2 aromatic rings. The molecule has 0 aliphatic rings. The minimum absolute atomic E-state index is 0.0434. The van der Waals surface area contributed by atoms with Crippen LogP contribution in [-0.4, -0.2) is 16.9 Å². The second kappa shape index (κ2) is 7.40. The van der Waals surface area contributed by atoms with Crippen molar-refractivity contribution in [1.82, 2.24) is 15.2 Å². The lowest BCUT2D eigenvalue weighted by molar-refractivity contribution is 0.415. The van der Waals surface area contributed by atoms with Gasteiger partial charge in [0.2, 0.25) is 0 Å². The Balaban J connectivity index is 2.27. The molecule has 0 radical (unpaired) electrons. The van der Waals surface area contributed by atoms with Crippen LogP contribution < -0.4 is 16.0 Å². The summed E-state index contributed by atoms with van der Waals surface area (Å²) < 4.78 is 8.38. The maximum atomic E-state index is 5.76. The first-order valence-corrected chi connectivity index (χ1v) is 8.64. The molecule has 21 heavy (non-hydrogen) atoms. The highest BCUT2D eigenvalue weighted by Gasteiger charge is 2.20. The number of thiophene rings is 1. The molecule has 0 amide bonds. The molecular weight excluding hydrogens is 352 g/mol. The van der Waals surface area contributed by atoms with Crippen molar-refractivity contribution in [2.75, 3.05) is 7.11 Å². The van der Waals surface area contributed by atoms with Gasteiger partial charge in [0.15, 0.2) is 0 Å². The van der Waals surface area contributed by atoms with E-state index in [1.807, 2.05) is 16.1 Å². The van der Waals surface area contributed by atoms with Crippen LogP contribution in [0.1, 0.15) is 36.2 Å². The van der Waals surface area contributed by atoms with E-state index >= 15 is 0 Å². The normalized spacial score (nSPS) is 12.6. The smallest absolute Gasteiger partial charge is 0.129 e. The Morgan fingerprint density at radius 1 is 1.52 bits per heavy atom. The van der Waals surface area contributed by atoms with E-state index in [1.54, 1.807) is 18.4 Å². The van der Waals surface area contributed by atoms with E-state index in [2.05, 4.69) is 40.3 Å². The minimum atomic E-state index is 0.0434. The van der Waals surface area contributed by atoms with Gasteiger partial charge in [0, 0.05) is 23.2 Å². The van der Waals surface area contributed by atoms with Gasteiger partial charge in [0.05, 0.1) is 29.0 Å². The van der Waals surface area contributed by atoms with Gasteiger partial charge in [0.25, 0.3) is 0 Å². The standard InChI is InChI=1S/C14H21BrN4OS/c1-4-10-14(15)12(19(5-2)18-10)7-11(17-16)13-6-9(20-3)8-21-13/h6,8,11,17H,4-5,7,16H2,1-3H3. The molecular formula is C14H21BrN4OS. The second-order valence-electron chi connectivity index (χ2n) is 4.69. The first kappa shape index (κ1) is 16.5. The number of methoxy groups -OCH3 is 1. The fourth-order valence-corrected chi connectivity index (χ4v) is 3.91. The summed E-state index contributed by atoms with van der Waals surface area (Å²) in [6.45, 7) is 5.06. The molecule has 5 nitrogen and oxygen atoms in total. The number of halogens is 1. The maximum absolute atomic E-state index is 5.76. The average Bonchev–Trinajstić information content (AvgIpc) is 3.09. The Kier molecular flexibility index (Phi) is 5.80. The molecule has 0 spiro atoms. The van der Waals surface area contributed by atoms with Gasteiger partial charge in [-0.2, -0.15) is 5.10 Å². The number of nitrogens with two attached hydrogens (primary N) is 1. The van der Waals surface area contributed by atoms with Crippen molar-refractivity contribution in [3.8, 4) is 5.75 Å². The van der Waals surface area contributed by atoms with Crippen LogP contribution in [0.4, 0.5) is 0 Å². The van der Waals surface area contributed by atoms with Gasteiger partial charge in [-0.25, -0.2) is 0 Å². The fourth-order valence-electron chi connectivity index (χ4n) is 2.27. The quantitative estimate of drug-likeness (QED) is 0.578. The van der Waals surface area contributed by atoms with Gasteiger partial charge in [-0.1, -0.05) is 6.92 Å². The van der Waals surface area contributed by atoms with E-state index in [-0.39, 0.29) is 6.04 Å². The lowest BCUT2D eigenvalue weighted by atomic mass is 10.1. The van der Waals surface area contributed by atoms with Crippen molar-refractivity contribution < 1.29 is 4.74 Å². The Hall–Kier alpha value is -0.890. The van der Waals surface area contributed by atoms with E-state index in [0.29, 0.717) is 0 Å². The van der Waals surface area contributed by atoms with E-state index in [1.165, 1.54) is 5.69 Å². The number of aromatic nitrogens is 2. The summed E-state index contributed by atoms with van der Waals surface area (Å²) in [5.74, 6) is 6.62. The van der Waals surface area contributed by atoms with Gasteiger partial charge in [-0.05, 0) is 35.3 Å². The van der Waals surface area contributed by atoms with Gasteiger partial charge in [-0.15, -0.1) is 11.3 Å². The van der Waals surface area contributed by atoms with Crippen molar-refractivity contribution >= 4 is 27.3 Å². The lowest BCUT2D eigenvalue weighted by Crippen LogP contribution is -2.29. The molecule has 1 atom stereocenters. The van der Waals surface area contributed by atoms with Gasteiger partial charge in [0.1, 0.15) is 5.75 Å². The van der Waals surface area contributed by atoms with Crippen LogP contribution in [0.2, 0.25) is 0 Å². The number of hydrazine groups is 1. The highest BCUT2D eigenvalue weighted by atomic mass is 79.9. The molecule has 2 rings (SSSR count). The summed E-state index contributed by atoms with van der Waals surface area (Å²) in [6, 6.07) is 2.07. The molecule has 0 saturated heterocycles. The molecule has 2 heterocycles. The summed E-state index contributed by atoms with van der Waals surface area (Å²) in [7, 11) is 1.67. The van der Waals surface area contributed by atoms with Crippen LogP contribution in [0.5, 0.6) is 5.75 Å². The van der Waals surface area contributed by atoms with Crippen molar-refractivity contribution in [3.05, 3.63) is 32.2 Å². The molecule has 0 aliphatic heterocycles. The number of rotatable bonds is 7. The number of hydrogen-bond donors (Lipinski definition) is 2. The minimum Gasteiger partial charge on any atom is -0.496 e. The number of ether oxygens (including phenoxy) is 1. The SMILES string of the molecule is CCc1nn(CC)c(CC(NN)c2cc(OC)cs2)c1Br. The van der Waals surface area contributed by atoms with Crippen LogP contribution in [-0.2, 0) is 19.4 Å². The summed E-state index contributed by atoms with van der Waals surface area (Å²) in [5, 5.41) is 6.62. The predicted molar refractivity (Wildman–Crippen MR) is 89.6 cm³/mol. The number of nitrogens with one attached hydrogen (secondary N) is 1. The largest absolute Gasteiger partial charge is 0.496 e. The predicted octanol–water partition coefficient (Wildman–Crippen LogP) is 3.05. The zero-order valence-electron chi connectivity index (χ0n) is 12.5. The lowest BCUT2D eigenvalue weighted by Gasteiger charge is -2.15. The average molecular weight is 373 g/mol. The molecule has 0 bridgehead atoms. The summed E-state index contributed by atoms with van der Waals surface area (Å²) >= 11 is 5.32. The zero-order chi connectivity index (χ0) is 15.4. The third-order valence-corrected chi connectivity index (χ3v) is 5.41. The zero-order valence-corrected chi connectivity index (χ0v) is 14.9.